The Balaban J connectivity index is 1.31. The van der Waals surface area contributed by atoms with Crippen LogP contribution in [0.1, 0.15) is 78.1 Å². The minimum Gasteiger partial charge on any atom is -0.458 e. The van der Waals surface area contributed by atoms with Crippen molar-refractivity contribution in [2.75, 3.05) is 13.7 Å². The highest BCUT2D eigenvalue weighted by molar-refractivity contribution is 5.87. The van der Waals surface area contributed by atoms with Crippen LogP contribution in [0.5, 0.6) is 0 Å². The lowest BCUT2D eigenvalue weighted by Crippen LogP contribution is -2.63. The topological polar surface area (TPSA) is 136 Å². The molecular formula is C28H43N3O5. The van der Waals surface area contributed by atoms with E-state index in [1.54, 1.807) is 11.0 Å². The number of hydrogen-bond acceptors (Lipinski definition) is 6. The van der Waals surface area contributed by atoms with Gasteiger partial charge in [-0.05, 0) is 92.4 Å². The second kappa shape index (κ2) is 8.83. The third-order valence-electron chi connectivity index (χ3n) is 11.6. The van der Waals surface area contributed by atoms with Crippen LogP contribution in [0, 0.1) is 34.5 Å². The Morgan fingerprint density at radius 3 is 2.56 bits per heavy atom. The van der Waals surface area contributed by atoms with Gasteiger partial charge >= 0.3 is 5.97 Å². The number of amides is 2. The van der Waals surface area contributed by atoms with Crippen LogP contribution in [0.15, 0.2) is 11.6 Å². The summed E-state index contributed by atoms with van der Waals surface area (Å²) >= 11 is 0. The van der Waals surface area contributed by atoms with Crippen molar-refractivity contribution in [2.45, 2.75) is 95.7 Å². The van der Waals surface area contributed by atoms with Gasteiger partial charge < -0.3 is 26.2 Å². The second-order valence-electron chi connectivity index (χ2n) is 12.9. The number of nitrogens with zero attached hydrogens (tertiary/aromatic N) is 1. The van der Waals surface area contributed by atoms with Gasteiger partial charge in [0.2, 0.25) is 11.8 Å². The number of aliphatic hydroxyl groups is 1. The Kier molecular flexibility index (Phi) is 6.30. The summed E-state index contributed by atoms with van der Waals surface area (Å²) in [5.74, 6) is 0.414. The SMILES string of the molecule is CN(C(=O)C(N)CC(N)=O)[C@H]1CC[C@@]2(C)[C@H](CC[C@@H]3[C@@H]2CC[C@]2(C)[C@@H](C4=CC(=O)OC4)CC[C@]32O)C1. The Morgan fingerprint density at radius 1 is 1.14 bits per heavy atom. The summed E-state index contributed by atoms with van der Waals surface area (Å²) in [6, 6.07) is -0.765. The molecule has 4 aliphatic carbocycles. The molecule has 5 N–H and O–H groups in total. The Bertz CT molecular complexity index is 982. The van der Waals surface area contributed by atoms with Crippen LogP contribution < -0.4 is 11.5 Å². The Hall–Kier alpha value is -1.93. The molecule has 4 saturated carbocycles. The zero-order valence-electron chi connectivity index (χ0n) is 22.0. The molecule has 5 rings (SSSR count). The first-order valence-electron chi connectivity index (χ1n) is 13.8. The molecular weight excluding hydrogens is 458 g/mol. The first-order chi connectivity index (χ1) is 16.9. The highest BCUT2D eigenvalue weighted by Gasteiger charge is 2.67. The largest absolute Gasteiger partial charge is 0.458 e. The van der Waals surface area contributed by atoms with Crippen molar-refractivity contribution in [1.29, 1.82) is 0 Å². The van der Waals surface area contributed by atoms with Gasteiger partial charge in [0.05, 0.1) is 18.1 Å². The molecule has 0 spiro atoms. The van der Waals surface area contributed by atoms with E-state index >= 15 is 0 Å². The maximum atomic E-state index is 12.8. The maximum Gasteiger partial charge on any atom is 0.331 e. The summed E-state index contributed by atoms with van der Waals surface area (Å²) in [7, 11) is 1.81. The van der Waals surface area contributed by atoms with Gasteiger partial charge in [-0.15, -0.1) is 0 Å². The van der Waals surface area contributed by atoms with Crippen LogP contribution >= 0.6 is 0 Å². The molecule has 8 nitrogen and oxygen atoms in total. The van der Waals surface area contributed by atoms with Gasteiger partial charge in [0.25, 0.3) is 0 Å². The lowest BCUT2D eigenvalue weighted by Gasteiger charge is -2.64. The lowest BCUT2D eigenvalue weighted by molar-refractivity contribution is -0.206. The fourth-order valence-corrected chi connectivity index (χ4v) is 9.48. The highest BCUT2D eigenvalue weighted by Crippen LogP contribution is 2.70. The van der Waals surface area contributed by atoms with Crippen LogP contribution in [0.2, 0.25) is 0 Å². The van der Waals surface area contributed by atoms with Gasteiger partial charge in [0.1, 0.15) is 6.61 Å². The van der Waals surface area contributed by atoms with Crippen molar-refractivity contribution in [2.24, 2.45) is 46.0 Å². The minimum atomic E-state index is -0.882. The monoisotopic (exact) mass is 501 g/mol. The standard InChI is InChI=1S/C28H43N3O5/c1-26-9-6-18(31(3)25(34)22(29)14-23(30)32)13-17(26)4-5-21-20(26)7-10-27(2)19(8-11-28(21,27)35)16-12-24(33)36-15-16/h12,17-22,35H,4-11,13-15,29H2,1-3H3,(H2,30,32)/t17-,18+,19-,20+,21-,22?,26+,27-,28+/m1/s1. The third-order valence-corrected chi connectivity index (χ3v) is 11.6. The fraction of sp³-hybridized carbons (Fsp3) is 0.821. The van der Waals surface area contributed by atoms with Gasteiger partial charge in [-0.25, -0.2) is 4.79 Å². The molecule has 4 fully saturated rings. The molecule has 0 aromatic heterocycles. The number of hydrogen-bond donors (Lipinski definition) is 3. The molecule has 5 aliphatic rings. The molecule has 0 aromatic rings. The molecule has 1 unspecified atom stereocenters. The van der Waals surface area contributed by atoms with Crippen LogP contribution in [0.25, 0.3) is 0 Å². The van der Waals surface area contributed by atoms with Crippen LogP contribution in [-0.2, 0) is 19.1 Å². The van der Waals surface area contributed by atoms with E-state index in [9.17, 15) is 19.5 Å². The van der Waals surface area contributed by atoms with E-state index in [1.165, 1.54) is 0 Å². The fourth-order valence-electron chi connectivity index (χ4n) is 9.48. The molecule has 0 saturated heterocycles. The summed E-state index contributed by atoms with van der Waals surface area (Å²) < 4.78 is 5.24. The van der Waals surface area contributed by atoms with Gasteiger partial charge in [0, 0.05) is 24.6 Å². The number of ether oxygens (including phenoxy) is 1. The lowest BCUT2D eigenvalue weighted by atomic mass is 9.43. The predicted octanol–water partition coefficient (Wildman–Crippen LogP) is 2.27. The molecule has 1 aliphatic heterocycles. The molecule has 0 aromatic carbocycles. The number of fused-ring (bicyclic) bond motifs is 5. The van der Waals surface area contributed by atoms with Crippen molar-refractivity contribution in [1.82, 2.24) is 4.90 Å². The molecule has 1 heterocycles. The number of carbonyl (C=O) groups is 3. The van der Waals surface area contributed by atoms with Crippen LogP contribution in [0.4, 0.5) is 0 Å². The summed E-state index contributed by atoms with van der Waals surface area (Å²) in [4.78, 5) is 37.6. The molecule has 36 heavy (non-hydrogen) atoms. The quantitative estimate of drug-likeness (QED) is 0.495. The summed E-state index contributed by atoms with van der Waals surface area (Å²) in [5.41, 5.74) is 11.5. The van der Waals surface area contributed by atoms with Gasteiger partial charge in [-0.2, -0.15) is 0 Å². The number of esters is 1. The second-order valence-corrected chi connectivity index (χ2v) is 12.9. The van der Waals surface area contributed by atoms with Crippen molar-refractivity contribution in [3.63, 3.8) is 0 Å². The zero-order valence-corrected chi connectivity index (χ0v) is 22.0. The average Bonchev–Trinajstić information content (AvgIpc) is 3.37. The first-order valence-corrected chi connectivity index (χ1v) is 13.8. The van der Waals surface area contributed by atoms with E-state index in [1.807, 2.05) is 7.05 Å². The van der Waals surface area contributed by atoms with Crippen molar-refractivity contribution >= 4 is 17.8 Å². The number of likely N-dealkylation sites (N-methyl/N-ethyl adjacent to an activating group) is 1. The number of cyclic esters (lactones) is 1. The van der Waals surface area contributed by atoms with E-state index in [0.29, 0.717) is 18.4 Å². The number of rotatable bonds is 5. The summed E-state index contributed by atoms with van der Waals surface area (Å²) in [6.07, 6.45) is 10.2. The predicted molar refractivity (Wildman–Crippen MR) is 134 cm³/mol. The van der Waals surface area contributed by atoms with E-state index in [0.717, 1.165) is 63.4 Å². The van der Waals surface area contributed by atoms with Crippen LogP contribution in [0.3, 0.4) is 0 Å². The average molecular weight is 502 g/mol. The van der Waals surface area contributed by atoms with Gasteiger partial charge in [-0.1, -0.05) is 13.8 Å². The van der Waals surface area contributed by atoms with Gasteiger partial charge in [-0.3, -0.25) is 9.59 Å². The smallest absolute Gasteiger partial charge is 0.331 e. The molecule has 8 heteroatoms. The summed E-state index contributed by atoms with van der Waals surface area (Å²) in [6.45, 7) is 5.06. The Labute approximate surface area is 214 Å². The van der Waals surface area contributed by atoms with Crippen molar-refractivity contribution in [3.05, 3.63) is 11.6 Å². The van der Waals surface area contributed by atoms with E-state index < -0.39 is 17.6 Å². The van der Waals surface area contributed by atoms with Crippen LogP contribution in [-0.4, -0.2) is 59.1 Å². The van der Waals surface area contributed by atoms with Crippen molar-refractivity contribution in [3.8, 4) is 0 Å². The zero-order chi connectivity index (χ0) is 26.0. The van der Waals surface area contributed by atoms with E-state index in [4.69, 9.17) is 16.2 Å². The van der Waals surface area contributed by atoms with E-state index in [-0.39, 0.29) is 47.0 Å². The van der Waals surface area contributed by atoms with E-state index in [2.05, 4.69) is 13.8 Å². The van der Waals surface area contributed by atoms with Crippen molar-refractivity contribution < 1.29 is 24.2 Å². The number of carbonyl (C=O) groups excluding carboxylic acids is 3. The minimum absolute atomic E-state index is 0.116. The molecule has 0 radical (unpaired) electrons. The normalized spacial score (nSPS) is 44.5. The number of nitrogens with two attached hydrogens (primary N) is 2. The molecule has 9 atom stereocenters. The third kappa shape index (κ3) is 3.73. The highest BCUT2D eigenvalue weighted by atomic mass is 16.5. The molecule has 200 valence electrons. The number of primary amides is 1. The molecule has 2 amide bonds. The summed E-state index contributed by atoms with van der Waals surface area (Å²) in [5, 5.41) is 12.4. The Morgan fingerprint density at radius 2 is 1.89 bits per heavy atom. The van der Waals surface area contributed by atoms with Gasteiger partial charge in [0.15, 0.2) is 0 Å². The first kappa shape index (κ1) is 25.7. The maximum absolute atomic E-state index is 12.8. The molecule has 0 bridgehead atoms.